The summed E-state index contributed by atoms with van der Waals surface area (Å²) >= 11 is 5.96. The summed E-state index contributed by atoms with van der Waals surface area (Å²) in [5.74, 6) is -0.703. The van der Waals surface area contributed by atoms with Gasteiger partial charge < -0.3 is 5.32 Å². The fourth-order valence-corrected chi connectivity index (χ4v) is 3.02. The predicted octanol–water partition coefficient (Wildman–Crippen LogP) is 4.33. The number of amides is 2. The second-order valence-electron chi connectivity index (χ2n) is 6.14. The Morgan fingerprint density at radius 3 is 2.42 bits per heavy atom. The second kappa shape index (κ2) is 7.18. The fourth-order valence-electron chi connectivity index (χ4n) is 2.89. The monoisotopic (exact) mass is 366 g/mol. The summed E-state index contributed by atoms with van der Waals surface area (Å²) in [7, 11) is 0. The highest BCUT2D eigenvalue weighted by molar-refractivity contribution is 6.37. The smallest absolute Gasteiger partial charge is 0.278 e. The lowest BCUT2D eigenvalue weighted by molar-refractivity contribution is -0.136. The standard InChI is InChI=1S/C21H19ClN2O2/c1-4-12-24-20(25)18(15-8-10-16(22)11-9-15)19(21(24)26)23-17-7-5-6-13(2)14(17)3/h4-11,23H,1,12H2,2-3H3. The van der Waals surface area contributed by atoms with E-state index >= 15 is 0 Å². The first-order valence-corrected chi connectivity index (χ1v) is 8.62. The first-order chi connectivity index (χ1) is 12.4. The molecule has 0 spiro atoms. The van der Waals surface area contributed by atoms with Gasteiger partial charge in [0.1, 0.15) is 5.70 Å². The Bertz CT molecular complexity index is 930. The number of rotatable bonds is 5. The van der Waals surface area contributed by atoms with Crippen LogP contribution in [-0.4, -0.2) is 23.3 Å². The molecule has 0 aliphatic carbocycles. The Labute approximate surface area is 157 Å². The molecule has 1 N–H and O–H groups in total. The Balaban J connectivity index is 2.12. The highest BCUT2D eigenvalue weighted by atomic mass is 35.5. The average Bonchev–Trinajstić information content (AvgIpc) is 2.85. The zero-order chi connectivity index (χ0) is 18.8. The van der Waals surface area contributed by atoms with E-state index in [-0.39, 0.29) is 24.1 Å². The number of imide groups is 1. The van der Waals surface area contributed by atoms with Crippen molar-refractivity contribution in [2.24, 2.45) is 0 Å². The van der Waals surface area contributed by atoms with Crippen molar-refractivity contribution in [3.05, 3.63) is 82.5 Å². The molecular formula is C21H19ClN2O2. The van der Waals surface area contributed by atoms with Crippen LogP contribution in [-0.2, 0) is 9.59 Å². The van der Waals surface area contributed by atoms with E-state index in [1.54, 1.807) is 24.3 Å². The van der Waals surface area contributed by atoms with Gasteiger partial charge in [0, 0.05) is 17.3 Å². The summed E-state index contributed by atoms with van der Waals surface area (Å²) in [5, 5.41) is 3.75. The molecule has 2 aromatic rings. The lowest BCUT2D eigenvalue weighted by Gasteiger charge is -2.14. The third-order valence-electron chi connectivity index (χ3n) is 4.48. The molecule has 0 saturated carbocycles. The molecule has 0 aromatic heterocycles. The van der Waals surface area contributed by atoms with Crippen LogP contribution < -0.4 is 5.32 Å². The molecule has 5 heteroatoms. The van der Waals surface area contributed by atoms with Crippen molar-refractivity contribution in [1.82, 2.24) is 4.90 Å². The number of benzene rings is 2. The van der Waals surface area contributed by atoms with Crippen molar-refractivity contribution in [3.63, 3.8) is 0 Å². The molecule has 26 heavy (non-hydrogen) atoms. The zero-order valence-corrected chi connectivity index (χ0v) is 15.4. The van der Waals surface area contributed by atoms with Crippen LogP contribution in [0.1, 0.15) is 16.7 Å². The van der Waals surface area contributed by atoms with Gasteiger partial charge >= 0.3 is 0 Å². The van der Waals surface area contributed by atoms with Crippen LogP contribution in [0.25, 0.3) is 5.57 Å². The highest BCUT2D eigenvalue weighted by Crippen LogP contribution is 2.32. The van der Waals surface area contributed by atoms with Crippen LogP contribution in [0.5, 0.6) is 0 Å². The van der Waals surface area contributed by atoms with Gasteiger partial charge in [-0.1, -0.05) is 41.9 Å². The number of aryl methyl sites for hydroxylation is 1. The maximum atomic E-state index is 12.9. The Morgan fingerprint density at radius 1 is 1.08 bits per heavy atom. The lowest BCUT2D eigenvalue weighted by Crippen LogP contribution is -2.32. The molecule has 4 nitrogen and oxygen atoms in total. The van der Waals surface area contributed by atoms with Crippen molar-refractivity contribution in [1.29, 1.82) is 0 Å². The van der Waals surface area contributed by atoms with Crippen LogP contribution in [0.15, 0.2) is 60.8 Å². The number of nitrogens with one attached hydrogen (secondary N) is 1. The molecule has 1 aliphatic heterocycles. The highest BCUT2D eigenvalue weighted by Gasteiger charge is 2.38. The number of carbonyl (C=O) groups is 2. The quantitative estimate of drug-likeness (QED) is 0.632. The summed E-state index contributed by atoms with van der Waals surface area (Å²) in [4.78, 5) is 26.9. The molecule has 0 bridgehead atoms. The summed E-state index contributed by atoms with van der Waals surface area (Å²) in [6, 6.07) is 12.7. The van der Waals surface area contributed by atoms with Crippen LogP contribution in [0, 0.1) is 13.8 Å². The summed E-state index contributed by atoms with van der Waals surface area (Å²) in [6.45, 7) is 7.77. The first-order valence-electron chi connectivity index (χ1n) is 8.24. The van der Waals surface area contributed by atoms with E-state index in [0.29, 0.717) is 16.2 Å². The molecule has 3 rings (SSSR count). The molecule has 0 atom stereocenters. The lowest BCUT2D eigenvalue weighted by atomic mass is 10.0. The van der Waals surface area contributed by atoms with Crippen LogP contribution in [0.2, 0.25) is 5.02 Å². The number of anilines is 1. The number of hydrogen-bond donors (Lipinski definition) is 1. The summed E-state index contributed by atoms with van der Waals surface area (Å²) in [6.07, 6.45) is 1.54. The van der Waals surface area contributed by atoms with E-state index in [0.717, 1.165) is 16.8 Å². The van der Waals surface area contributed by atoms with E-state index < -0.39 is 0 Å². The first kappa shape index (κ1) is 18.0. The van der Waals surface area contributed by atoms with Crippen LogP contribution in [0.3, 0.4) is 0 Å². The fraction of sp³-hybridized carbons (Fsp3) is 0.143. The Morgan fingerprint density at radius 2 is 1.77 bits per heavy atom. The molecule has 2 amide bonds. The van der Waals surface area contributed by atoms with Crippen molar-refractivity contribution < 1.29 is 9.59 Å². The largest absolute Gasteiger partial charge is 0.350 e. The minimum atomic E-state index is -0.360. The normalized spacial score (nSPS) is 14.2. The Hall–Kier alpha value is -2.85. The Kier molecular flexibility index (Phi) is 4.96. The van der Waals surface area contributed by atoms with Gasteiger partial charge in [-0.05, 0) is 48.7 Å². The van der Waals surface area contributed by atoms with Crippen molar-refractivity contribution in [2.45, 2.75) is 13.8 Å². The van der Waals surface area contributed by atoms with Gasteiger partial charge in [0.2, 0.25) is 0 Å². The molecule has 1 aliphatic rings. The maximum absolute atomic E-state index is 12.9. The number of hydrogen-bond acceptors (Lipinski definition) is 3. The van der Waals surface area contributed by atoms with Gasteiger partial charge in [0.05, 0.1) is 5.57 Å². The predicted molar refractivity (Wildman–Crippen MR) is 105 cm³/mol. The minimum Gasteiger partial charge on any atom is -0.350 e. The summed E-state index contributed by atoms with van der Waals surface area (Å²) in [5.41, 5.74) is 4.18. The third-order valence-corrected chi connectivity index (χ3v) is 4.73. The minimum absolute atomic E-state index is 0.159. The molecule has 2 aromatic carbocycles. The third kappa shape index (κ3) is 3.16. The molecule has 0 unspecified atom stereocenters. The van der Waals surface area contributed by atoms with E-state index in [9.17, 15) is 9.59 Å². The summed E-state index contributed by atoms with van der Waals surface area (Å²) < 4.78 is 0. The second-order valence-corrected chi connectivity index (χ2v) is 6.58. The van der Waals surface area contributed by atoms with Gasteiger partial charge in [-0.2, -0.15) is 0 Å². The van der Waals surface area contributed by atoms with E-state index in [2.05, 4.69) is 11.9 Å². The van der Waals surface area contributed by atoms with E-state index in [4.69, 9.17) is 11.6 Å². The van der Waals surface area contributed by atoms with E-state index in [1.807, 2.05) is 32.0 Å². The van der Waals surface area contributed by atoms with Gasteiger partial charge in [-0.25, -0.2) is 0 Å². The number of nitrogens with zero attached hydrogens (tertiary/aromatic N) is 1. The molecule has 0 fully saturated rings. The molecular weight excluding hydrogens is 348 g/mol. The maximum Gasteiger partial charge on any atom is 0.278 e. The molecule has 0 radical (unpaired) electrons. The average molecular weight is 367 g/mol. The van der Waals surface area contributed by atoms with Gasteiger partial charge in [-0.15, -0.1) is 6.58 Å². The molecule has 1 heterocycles. The van der Waals surface area contributed by atoms with E-state index in [1.165, 1.54) is 11.0 Å². The topological polar surface area (TPSA) is 49.4 Å². The van der Waals surface area contributed by atoms with Crippen LogP contribution in [0.4, 0.5) is 5.69 Å². The van der Waals surface area contributed by atoms with Crippen molar-refractivity contribution >= 4 is 34.7 Å². The molecule has 0 saturated heterocycles. The van der Waals surface area contributed by atoms with Crippen molar-refractivity contribution in [3.8, 4) is 0 Å². The molecule has 132 valence electrons. The zero-order valence-electron chi connectivity index (χ0n) is 14.7. The van der Waals surface area contributed by atoms with Crippen molar-refractivity contribution in [2.75, 3.05) is 11.9 Å². The number of carbonyl (C=O) groups excluding carboxylic acids is 2. The number of halogens is 1. The van der Waals surface area contributed by atoms with Gasteiger partial charge in [0.15, 0.2) is 0 Å². The SMILES string of the molecule is C=CCN1C(=O)C(Nc2cccc(C)c2C)=C(c2ccc(Cl)cc2)C1=O. The van der Waals surface area contributed by atoms with Crippen LogP contribution >= 0.6 is 11.6 Å². The van der Waals surface area contributed by atoms with Gasteiger partial charge in [-0.3, -0.25) is 14.5 Å². The van der Waals surface area contributed by atoms with Gasteiger partial charge in [0.25, 0.3) is 11.8 Å².